The van der Waals surface area contributed by atoms with Crippen LogP contribution in [0.25, 0.3) is 0 Å². The minimum Gasteiger partial charge on any atom is -0.224 e. The summed E-state index contributed by atoms with van der Waals surface area (Å²) in [5, 5.41) is 0. The summed E-state index contributed by atoms with van der Waals surface area (Å²) in [4.78, 5) is -0.0407. The minimum absolute atomic E-state index is 0.00470. The van der Waals surface area contributed by atoms with E-state index in [4.69, 9.17) is 0 Å². The normalized spacial score (nSPS) is 12.9. The Hall–Kier alpha value is -0.920. The van der Waals surface area contributed by atoms with Crippen LogP contribution in [-0.4, -0.2) is 29.6 Å². The van der Waals surface area contributed by atoms with E-state index in [1.165, 1.54) is 18.2 Å². The predicted molar refractivity (Wildman–Crippen MR) is 69.6 cm³/mol. The molecule has 1 N–H and O–H groups in total. The Morgan fingerprint density at radius 1 is 1.11 bits per heavy atom. The molecule has 1 rings (SSSR count). The fourth-order valence-electron chi connectivity index (χ4n) is 1.23. The molecular weight excluding hydrogens is 274 g/mol. The second-order valence-corrected chi connectivity index (χ2v) is 8.28. The van der Waals surface area contributed by atoms with Crippen LogP contribution in [0.1, 0.15) is 13.8 Å². The zero-order valence-corrected chi connectivity index (χ0v) is 12.2. The molecular formula is C11H17NO4S2. The summed E-state index contributed by atoms with van der Waals surface area (Å²) in [5.74, 6) is 0.179. The summed E-state index contributed by atoms with van der Waals surface area (Å²) in [6.45, 7) is 4.08. The van der Waals surface area contributed by atoms with E-state index in [1.54, 1.807) is 0 Å². The maximum atomic E-state index is 11.9. The quantitative estimate of drug-likeness (QED) is 0.878. The summed E-state index contributed by atoms with van der Waals surface area (Å²) in [5.41, 5.74) is 0. The van der Waals surface area contributed by atoms with Gasteiger partial charge in [-0.2, -0.15) is 0 Å². The molecule has 0 amide bonds. The van der Waals surface area contributed by atoms with Crippen LogP contribution in [0.4, 0.5) is 0 Å². The summed E-state index contributed by atoms with van der Waals surface area (Å²) >= 11 is 0. The standard InChI is InChI=1S/C11H17NO4S2/c1-9(2)8-12-18(15,16)11-6-4-5-10(7-11)17(3,13)14/h4-7,9,12H,8H2,1-3H3. The number of hydrogen-bond donors (Lipinski definition) is 1. The first-order valence-corrected chi connectivity index (χ1v) is 8.80. The van der Waals surface area contributed by atoms with Crippen molar-refractivity contribution in [1.82, 2.24) is 4.72 Å². The molecule has 0 fully saturated rings. The average Bonchev–Trinajstić information content (AvgIpc) is 2.26. The number of benzene rings is 1. The maximum Gasteiger partial charge on any atom is 0.240 e. The van der Waals surface area contributed by atoms with Gasteiger partial charge in [0.25, 0.3) is 0 Å². The lowest BCUT2D eigenvalue weighted by atomic mass is 10.2. The number of hydrogen-bond acceptors (Lipinski definition) is 4. The van der Waals surface area contributed by atoms with Crippen LogP contribution in [0, 0.1) is 5.92 Å². The molecule has 0 radical (unpaired) electrons. The van der Waals surface area contributed by atoms with Crippen molar-refractivity contribution in [3.8, 4) is 0 Å². The van der Waals surface area contributed by atoms with Gasteiger partial charge in [0.15, 0.2) is 9.84 Å². The van der Waals surface area contributed by atoms with Crippen LogP contribution >= 0.6 is 0 Å². The van der Waals surface area contributed by atoms with Gasteiger partial charge in [-0.15, -0.1) is 0 Å². The van der Waals surface area contributed by atoms with Gasteiger partial charge in [-0.1, -0.05) is 19.9 Å². The van der Waals surface area contributed by atoms with Crippen molar-refractivity contribution in [3.63, 3.8) is 0 Å². The Morgan fingerprint density at radius 2 is 1.67 bits per heavy atom. The van der Waals surface area contributed by atoms with Gasteiger partial charge in [-0.3, -0.25) is 0 Å². The van der Waals surface area contributed by atoms with Crippen molar-refractivity contribution in [2.24, 2.45) is 5.92 Å². The van der Waals surface area contributed by atoms with E-state index in [0.29, 0.717) is 6.54 Å². The summed E-state index contributed by atoms with van der Waals surface area (Å²) in [7, 11) is -7.06. The van der Waals surface area contributed by atoms with Gasteiger partial charge in [0, 0.05) is 12.8 Å². The first-order chi connectivity index (χ1) is 8.13. The molecule has 18 heavy (non-hydrogen) atoms. The number of nitrogens with one attached hydrogen (secondary N) is 1. The first kappa shape index (κ1) is 15.1. The van der Waals surface area contributed by atoms with Crippen molar-refractivity contribution >= 4 is 19.9 Å². The number of sulfonamides is 1. The lowest BCUT2D eigenvalue weighted by Crippen LogP contribution is -2.27. The van der Waals surface area contributed by atoms with Crippen molar-refractivity contribution < 1.29 is 16.8 Å². The van der Waals surface area contributed by atoms with Crippen molar-refractivity contribution in [1.29, 1.82) is 0 Å². The summed E-state index contributed by atoms with van der Waals surface area (Å²) in [6, 6.07) is 5.33. The minimum atomic E-state index is -3.65. The van der Waals surface area contributed by atoms with E-state index in [2.05, 4.69) is 4.72 Å². The molecule has 5 nitrogen and oxygen atoms in total. The molecule has 0 atom stereocenters. The Bertz CT molecular complexity index is 618. The molecule has 0 aliphatic rings. The molecule has 0 aromatic heterocycles. The largest absolute Gasteiger partial charge is 0.240 e. The SMILES string of the molecule is CC(C)CNS(=O)(=O)c1cccc(S(C)(=O)=O)c1. The van der Waals surface area contributed by atoms with Crippen LogP contribution in [0.5, 0.6) is 0 Å². The molecule has 0 aliphatic heterocycles. The zero-order valence-electron chi connectivity index (χ0n) is 10.5. The highest BCUT2D eigenvalue weighted by Crippen LogP contribution is 2.15. The molecule has 1 aromatic rings. The van der Waals surface area contributed by atoms with Crippen molar-refractivity contribution in [3.05, 3.63) is 24.3 Å². The van der Waals surface area contributed by atoms with Crippen LogP contribution < -0.4 is 4.72 Å². The molecule has 102 valence electrons. The highest BCUT2D eigenvalue weighted by molar-refractivity contribution is 7.91. The summed E-state index contributed by atoms with van der Waals surface area (Å²) < 4.78 is 49.0. The lowest BCUT2D eigenvalue weighted by molar-refractivity contribution is 0.560. The van der Waals surface area contributed by atoms with Gasteiger partial charge in [0.2, 0.25) is 10.0 Å². The van der Waals surface area contributed by atoms with Crippen LogP contribution in [-0.2, 0) is 19.9 Å². The molecule has 0 saturated heterocycles. The zero-order chi connectivity index (χ0) is 14.0. The highest BCUT2D eigenvalue weighted by Gasteiger charge is 2.16. The molecule has 0 heterocycles. The van der Waals surface area contributed by atoms with Crippen LogP contribution in [0.15, 0.2) is 34.1 Å². The van der Waals surface area contributed by atoms with Gasteiger partial charge in [0.05, 0.1) is 9.79 Å². The maximum absolute atomic E-state index is 11.9. The van der Waals surface area contributed by atoms with Gasteiger partial charge in [0.1, 0.15) is 0 Å². The molecule has 1 aromatic carbocycles. The van der Waals surface area contributed by atoms with E-state index in [1.807, 2.05) is 13.8 Å². The fourth-order valence-corrected chi connectivity index (χ4v) is 3.23. The second-order valence-electron chi connectivity index (χ2n) is 4.49. The molecule has 0 bridgehead atoms. The first-order valence-electron chi connectivity index (χ1n) is 5.43. The third kappa shape index (κ3) is 4.08. The fraction of sp³-hybridized carbons (Fsp3) is 0.455. The molecule has 0 unspecified atom stereocenters. The Kier molecular flexibility index (Phi) is 4.52. The lowest BCUT2D eigenvalue weighted by Gasteiger charge is -2.09. The van der Waals surface area contributed by atoms with Crippen LogP contribution in [0.2, 0.25) is 0 Å². The van der Waals surface area contributed by atoms with Crippen molar-refractivity contribution in [2.45, 2.75) is 23.6 Å². The van der Waals surface area contributed by atoms with E-state index in [9.17, 15) is 16.8 Å². The van der Waals surface area contributed by atoms with Crippen molar-refractivity contribution in [2.75, 3.05) is 12.8 Å². The Balaban J connectivity index is 3.11. The molecule has 0 saturated carbocycles. The van der Waals surface area contributed by atoms with E-state index < -0.39 is 19.9 Å². The van der Waals surface area contributed by atoms with Gasteiger partial charge >= 0.3 is 0 Å². The summed E-state index contributed by atoms with van der Waals surface area (Å²) in [6.07, 6.45) is 1.04. The average molecular weight is 291 g/mol. The topological polar surface area (TPSA) is 80.3 Å². The monoisotopic (exact) mass is 291 g/mol. The molecule has 7 heteroatoms. The molecule has 0 spiro atoms. The van der Waals surface area contributed by atoms with Gasteiger partial charge in [-0.25, -0.2) is 21.6 Å². The number of sulfone groups is 1. The van der Waals surface area contributed by atoms with E-state index in [-0.39, 0.29) is 15.7 Å². The predicted octanol–water partition coefficient (Wildman–Crippen LogP) is 1.02. The van der Waals surface area contributed by atoms with E-state index >= 15 is 0 Å². The number of rotatable bonds is 5. The Morgan fingerprint density at radius 3 is 2.17 bits per heavy atom. The third-order valence-corrected chi connectivity index (χ3v) is 4.76. The second kappa shape index (κ2) is 5.38. The Labute approximate surface area is 108 Å². The van der Waals surface area contributed by atoms with Gasteiger partial charge in [-0.05, 0) is 24.1 Å². The third-order valence-electron chi connectivity index (χ3n) is 2.23. The van der Waals surface area contributed by atoms with E-state index in [0.717, 1.165) is 12.3 Å². The highest BCUT2D eigenvalue weighted by atomic mass is 32.2. The molecule has 0 aliphatic carbocycles. The van der Waals surface area contributed by atoms with Crippen LogP contribution in [0.3, 0.4) is 0 Å². The smallest absolute Gasteiger partial charge is 0.224 e. The van der Waals surface area contributed by atoms with Gasteiger partial charge < -0.3 is 0 Å².